The Kier molecular flexibility index (Phi) is 4.73. The summed E-state index contributed by atoms with van der Waals surface area (Å²) in [6, 6.07) is 6.16. The molecule has 1 aliphatic rings. The molecule has 4 nitrogen and oxygen atoms in total. The molecule has 0 saturated carbocycles. The Morgan fingerprint density at radius 3 is 2.87 bits per heavy atom. The number of hydrogen-bond donors (Lipinski definition) is 1. The highest BCUT2D eigenvalue weighted by Gasteiger charge is 2.27. The molecule has 0 radical (unpaired) electrons. The summed E-state index contributed by atoms with van der Waals surface area (Å²) in [5.41, 5.74) is 1.59. The largest absolute Gasteiger partial charge is 0.391 e. The van der Waals surface area contributed by atoms with E-state index >= 15 is 0 Å². The number of halogens is 1. The van der Waals surface area contributed by atoms with E-state index in [0.29, 0.717) is 13.1 Å². The van der Waals surface area contributed by atoms with Gasteiger partial charge in [-0.15, -0.1) is 11.3 Å². The van der Waals surface area contributed by atoms with Crippen molar-refractivity contribution >= 4 is 17.2 Å². The molecule has 23 heavy (non-hydrogen) atoms. The third kappa shape index (κ3) is 3.76. The second kappa shape index (κ2) is 6.76. The summed E-state index contributed by atoms with van der Waals surface area (Å²) in [5, 5.41) is 12.5. The second-order valence-corrected chi connectivity index (χ2v) is 6.93. The van der Waals surface area contributed by atoms with Crippen LogP contribution in [0.25, 0.3) is 11.3 Å². The number of rotatable bonds is 3. The highest BCUT2D eigenvalue weighted by Crippen LogP contribution is 2.23. The van der Waals surface area contributed by atoms with Crippen molar-refractivity contribution in [2.24, 2.45) is 5.92 Å². The van der Waals surface area contributed by atoms with E-state index in [1.807, 2.05) is 12.3 Å². The van der Waals surface area contributed by atoms with Gasteiger partial charge in [0.05, 0.1) is 18.2 Å². The van der Waals surface area contributed by atoms with Gasteiger partial charge in [0.25, 0.3) is 0 Å². The van der Waals surface area contributed by atoms with Crippen LogP contribution in [0.1, 0.15) is 18.4 Å². The molecular formula is C17H19FN2O2S. The van der Waals surface area contributed by atoms with Crippen molar-refractivity contribution in [2.75, 3.05) is 13.1 Å². The average Bonchev–Trinajstić information content (AvgIpc) is 2.99. The Morgan fingerprint density at radius 1 is 1.43 bits per heavy atom. The van der Waals surface area contributed by atoms with Crippen LogP contribution in [-0.4, -0.2) is 40.1 Å². The van der Waals surface area contributed by atoms with Crippen LogP contribution in [-0.2, 0) is 11.2 Å². The quantitative estimate of drug-likeness (QED) is 0.939. The van der Waals surface area contributed by atoms with Crippen LogP contribution >= 0.6 is 11.3 Å². The van der Waals surface area contributed by atoms with Gasteiger partial charge in [0.15, 0.2) is 0 Å². The monoisotopic (exact) mass is 334 g/mol. The lowest BCUT2D eigenvalue weighted by molar-refractivity contribution is -0.134. The van der Waals surface area contributed by atoms with Crippen molar-refractivity contribution in [3.63, 3.8) is 0 Å². The van der Waals surface area contributed by atoms with E-state index in [1.165, 1.54) is 23.5 Å². The molecule has 1 saturated heterocycles. The average molecular weight is 334 g/mol. The van der Waals surface area contributed by atoms with Gasteiger partial charge in [0, 0.05) is 24.0 Å². The summed E-state index contributed by atoms with van der Waals surface area (Å²) in [5.74, 6) is -0.0442. The summed E-state index contributed by atoms with van der Waals surface area (Å²) in [6.07, 6.45) is 0.622. The molecule has 0 unspecified atom stereocenters. The number of aliphatic hydroxyl groups is 1. The Morgan fingerprint density at radius 2 is 2.17 bits per heavy atom. The number of amides is 1. The maximum absolute atomic E-state index is 13.0. The molecule has 2 atom stereocenters. The molecule has 1 amide bonds. The second-order valence-electron chi connectivity index (χ2n) is 5.98. The Bertz CT molecular complexity index is 686. The van der Waals surface area contributed by atoms with Gasteiger partial charge in [-0.25, -0.2) is 9.37 Å². The number of aliphatic hydroxyl groups excluding tert-OH is 1. The van der Waals surface area contributed by atoms with E-state index in [9.17, 15) is 14.3 Å². The molecule has 1 N–H and O–H groups in total. The van der Waals surface area contributed by atoms with Gasteiger partial charge < -0.3 is 10.0 Å². The first kappa shape index (κ1) is 16.1. The number of likely N-dealkylation sites (tertiary alicyclic amines) is 1. The van der Waals surface area contributed by atoms with Gasteiger partial charge in [-0.3, -0.25) is 4.79 Å². The Labute approximate surface area is 138 Å². The number of carbonyl (C=O) groups is 1. The van der Waals surface area contributed by atoms with Crippen LogP contribution in [0, 0.1) is 11.7 Å². The Balaban J connectivity index is 1.65. The summed E-state index contributed by atoms with van der Waals surface area (Å²) in [6.45, 7) is 3.09. The van der Waals surface area contributed by atoms with Crippen LogP contribution in [0.5, 0.6) is 0 Å². The van der Waals surface area contributed by atoms with Crippen LogP contribution in [0.3, 0.4) is 0 Å². The zero-order chi connectivity index (χ0) is 16.4. The van der Waals surface area contributed by atoms with Gasteiger partial charge in [-0.1, -0.05) is 6.92 Å². The van der Waals surface area contributed by atoms with Crippen molar-refractivity contribution in [1.82, 2.24) is 9.88 Å². The Hall–Kier alpha value is -1.79. The molecule has 6 heteroatoms. The number of β-amino-alcohol motifs (C(OH)–C–C–N with tert-alkyl or cyclic N) is 1. The van der Waals surface area contributed by atoms with Gasteiger partial charge in [0.2, 0.25) is 5.91 Å². The minimum atomic E-state index is -0.446. The number of hydrogen-bond acceptors (Lipinski definition) is 4. The fraction of sp³-hybridized carbons (Fsp3) is 0.412. The van der Waals surface area contributed by atoms with E-state index in [1.54, 1.807) is 17.0 Å². The van der Waals surface area contributed by atoms with Gasteiger partial charge in [0.1, 0.15) is 10.8 Å². The van der Waals surface area contributed by atoms with E-state index in [0.717, 1.165) is 22.7 Å². The van der Waals surface area contributed by atoms with Crippen molar-refractivity contribution in [1.29, 1.82) is 0 Å². The standard InChI is InChI=1S/C17H19FN2O2S/c1-11-6-7-20(9-15(11)21)17(22)8-16-19-14(10-23-16)12-2-4-13(18)5-3-12/h2-5,10-11,15,21H,6-9H2,1H3/t11-,15+/m0/s1. The highest BCUT2D eigenvalue weighted by atomic mass is 32.1. The molecule has 0 aliphatic carbocycles. The number of nitrogens with zero attached hydrogens (tertiary/aromatic N) is 2. The van der Waals surface area contributed by atoms with Crippen molar-refractivity contribution < 1.29 is 14.3 Å². The maximum Gasteiger partial charge on any atom is 0.229 e. The predicted molar refractivity (Wildman–Crippen MR) is 87.6 cm³/mol. The lowest BCUT2D eigenvalue weighted by atomic mass is 9.96. The summed E-state index contributed by atoms with van der Waals surface area (Å²) < 4.78 is 13.0. The first-order valence-electron chi connectivity index (χ1n) is 7.69. The smallest absolute Gasteiger partial charge is 0.229 e. The van der Waals surface area contributed by atoms with E-state index < -0.39 is 6.10 Å². The topological polar surface area (TPSA) is 53.4 Å². The molecule has 3 rings (SSSR count). The number of carbonyl (C=O) groups excluding carboxylic acids is 1. The lowest BCUT2D eigenvalue weighted by Crippen LogP contribution is -2.46. The fourth-order valence-electron chi connectivity index (χ4n) is 2.66. The number of piperidine rings is 1. The van der Waals surface area contributed by atoms with E-state index in [2.05, 4.69) is 4.98 Å². The lowest BCUT2D eigenvalue weighted by Gasteiger charge is -2.34. The van der Waals surface area contributed by atoms with Crippen LogP contribution in [0.15, 0.2) is 29.6 Å². The van der Waals surface area contributed by atoms with Gasteiger partial charge >= 0.3 is 0 Å². The van der Waals surface area contributed by atoms with Gasteiger partial charge in [-0.05, 0) is 36.6 Å². The third-order valence-electron chi connectivity index (χ3n) is 4.27. The molecule has 2 heterocycles. The molecule has 122 valence electrons. The molecule has 0 bridgehead atoms. The van der Waals surface area contributed by atoms with Crippen molar-refractivity contribution in [2.45, 2.75) is 25.9 Å². The molecule has 1 fully saturated rings. The minimum absolute atomic E-state index is 0.00374. The van der Waals surface area contributed by atoms with Crippen molar-refractivity contribution in [3.05, 3.63) is 40.5 Å². The SMILES string of the molecule is C[C@H]1CCN(C(=O)Cc2nc(-c3ccc(F)cc3)cs2)C[C@H]1O. The number of thiazole rings is 1. The molecule has 1 aliphatic heterocycles. The van der Waals surface area contributed by atoms with Crippen LogP contribution < -0.4 is 0 Å². The molecular weight excluding hydrogens is 315 g/mol. The van der Waals surface area contributed by atoms with Crippen LogP contribution in [0.4, 0.5) is 4.39 Å². The normalized spacial score (nSPS) is 21.4. The first-order chi connectivity index (χ1) is 11.0. The zero-order valence-corrected chi connectivity index (χ0v) is 13.7. The van der Waals surface area contributed by atoms with Crippen molar-refractivity contribution in [3.8, 4) is 11.3 Å². The fourth-order valence-corrected chi connectivity index (χ4v) is 3.46. The molecule has 1 aromatic carbocycles. The molecule has 2 aromatic rings. The van der Waals surface area contributed by atoms with Crippen LogP contribution in [0.2, 0.25) is 0 Å². The van der Waals surface area contributed by atoms with E-state index in [4.69, 9.17) is 0 Å². The summed E-state index contributed by atoms with van der Waals surface area (Å²) in [4.78, 5) is 18.5. The predicted octanol–water partition coefficient (Wildman–Crippen LogP) is 2.72. The summed E-state index contributed by atoms with van der Waals surface area (Å²) in [7, 11) is 0. The number of aromatic nitrogens is 1. The van der Waals surface area contributed by atoms with Gasteiger partial charge in [-0.2, -0.15) is 0 Å². The number of benzene rings is 1. The summed E-state index contributed by atoms with van der Waals surface area (Å²) >= 11 is 1.43. The molecule has 0 spiro atoms. The molecule has 1 aromatic heterocycles. The third-order valence-corrected chi connectivity index (χ3v) is 5.11. The zero-order valence-electron chi connectivity index (χ0n) is 12.9. The highest BCUT2D eigenvalue weighted by molar-refractivity contribution is 7.10. The minimum Gasteiger partial charge on any atom is -0.391 e. The maximum atomic E-state index is 13.0. The van der Waals surface area contributed by atoms with E-state index in [-0.39, 0.29) is 24.1 Å². The first-order valence-corrected chi connectivity index (χ1v) is 8.57.